The zero-order chi connectivity index (χ0) is 19.6. The number of aryl methyl sites for hydroxylation is 1. The Morgan fingerprint density at radius 1 is 1.00 bits per heavy atom. The maximum atomic E-state index is 14.0. The topological polar surface area (TPSA) is 9.23 Å². The highest BCUT2D eigenvalue weighted by Gasteiger charge is 2.34. The highest BCUT2D eigenvalue weighted by Crippen LogP contribution is 2.35. The van der Waals surface area contributed by atoms with Crippen molar-refractivity contribution in [3.05, 3.63) is 53.1 Å². The van der Waals surface area contributed by atoms with Gasteiger partial charge in [-0.15, -0.1) is 13.2 Å². The Hall–Kier alpha value is -2.11. The number of hydrogen-bond donors (Lipinski definition) is 0. The lowest BCUT2D eigenvalue weighted by Gasteiger charge is -2.25. The second-order valence-electron chi connectivity index (χ2n) is 7.05. The van der Waals surface area contributed by atoms with E-state index in [2.05, 4.69) is 11.7 Å². The molecule has 0 N–H and O–H groups in total. The van der Waals surface area contributed by atoms with Crippen LogP contribution < -0.4 is 4.74 Å². The first-order valence-corrected chi connectivity index (χ1v) is 9.13. The van der Waals surface area contributed by atoms with E-state index in [1.54, 1.807) is 6.07 Å². The van der Waals surface area contributed by atoms with Crippen LogP contribution in [0.4, 0.5) is 22.0 Å². The van der Waals surface area contributed by atoms with Crippen molar-refractivity contribution in [3.63, 3.8) is 0 Å². The molecule has 0 aromatic heterocycles. The average Bonchev–Trinajstić information content (AvgIpc) is 2.61. The molecule has 1 aliphatic rings. The predicted molar refractivity (Wildman–Crippen MR) is 93.5 cm³/mol. The summed E-state index contributed by atoms with van der Waals surface area (Å²) in [6, 6.07) is 7.35. The Labute approximate surface area is 155 Å². The fraction of sp³-hybridized carbons (Fsp3) is 0.429. The number of unbranched alkanes of at least 4 members (excludes halogenated alkanes) is 1. The molecule has 0 amide bonds. The number of halogens is 5. The van der Waals surface area contributed by atoms with Crippen LogP contribution in [0.3, 0.4) is 0 Å². The molecule has 0 saturated heterocycles. The Bertz CT molecular complexity index is 790. The monoisotopic (exact) mass is 384 g/mol. The predicted octanol–water partition coefficient (Wildman–Crippen LogP) is 6.83. The Balaban J connectivity index is 1.84. The molecule has 1 unspecified atom stereocenters. The number of alkyl halides is 3. The lowest BCUT2D eigenvalue weighted by atomic mass is 9.80. The van der Waals surface area contributed by atoms with Gasteiger partial charge in [0.05, 0.1) is 0 Å². The molecule has 6 heteroatoms. The Kier molecular flexibility index (Phi) is 5.72. The highest BCUT2D eigenvalue weighted by molar-refractivity contribution is 5.66. The quantitative estimate of drug-likeness (QED) is 0.514. The molecule has 1 atom stereocenters. The van der Waals surface area contributed by atoms with E-state index in [-0.39, 0.29) is 5.56 Å². The first-order valence-electron chi connectivity index (χ1n) is 9.13. The van der Waals surface area contributed by atoms with E-state index in [9.17, 15) is 22.0 Å². The summed E-state index contributed by atoms with van der Waals surface area (Å²) < 4.78 is 68.2. The minimum Gasteiger partial charge on any atom is -0.399 e. The number of rotatable bonds is 5. The maximum absolute atomic E-state index is 14.0. The average molecular weight is 384 g/mol. The minimum atomic E-state index is -5.15. The van der Waals surface area contributed by atoms with Gasteiger partial charge in [0.15, 0.2) is 11.6 Å². The summed E-state index contributed by atoms with van der Waals surface area (Å²) in [4.78, 5) is 0. The van der Waals surface area contributed by atoms with E-state index in [0.29, 0.717) is 11.5 Å². The van der Waals surface area contributed by atoms with Crippen molar-refractivity contribution in [1.82, 2.24) is 0 Å². The van der Waals surface area contributed by atoms with Crippen molar-refractivity contribution < 1.29 is 26.7 Å². The van der Waals surface area contributed by atoms with Crippen LogP contribution in [0, 0.1) is 17.6 Å². The van der Waals surface area contributed by atoms with E-state index in [1.807, 2.05) is 12.1 Å². The summed E-state index contributed by atoms with van der Waals surface area (Å²) in [6.07, 6.45) is 1.42. The smallest absolute Gasteiger partial charge is 0.399 e. The van der Waals surface area contributed by atoms with Crippen molar-refractivity contribution in [2.24, 2.45) is 5.92 Å². The van der Waals surface area contributed by atoms with E-state index >= 15 is 0 Å². The summed E-state index contributed by atoms with van der Waals surface area (Å²) in [5, 5.41) is 0. The molecule has 0 heterocycles. The molecular weight excluding hydrogens is 363 g/mol. The number of benzene rings is 2. The van der Waals surface area contributed by atoms with Gasteiger partial charge >= 0.3 is 6.36 Å². The lowest BCUT2D eigenvalue weighted by Crippen LogP contribution is -2.19. The third-order valence-corrected chi connectivity index (χ3v) is 5.05. The first kappa shape index (κ1) is 19.6. The standard InChI is InChI=1S/C21H21F5O/c1-2-3-4-13-5-6-15-10-16(8-7-14(15)9-13)17-11-18(22)20(19(23)12-17)27-21(24,25)26/h7-8,10-13H,2-6,9H2,1H3. The van der Waals surface area contributed by atoms with Crippen LogP contribution in [0.5, 0.6) is 5.75 Å². The van der Waals surface area contributed by atoms with Crippen LogP contribution in [-0.4, -0.2) is 6.36 Å². The second-order valence-corrected chi connectivity index (χ2v) is 7.05. The van der Waals surface area contributed by atoms with Gasteiger partial charge in [-0.3, -0.25) is 0 Å². The molecular formula is C21H21F5O. The molecule has 2 aromatic rings. The van der Waals surface area contributed by atoms with Crippen molar-refractivity contribution in [3.8, 4) is 16.9 Å². The molecule has 0 aliphatic heterocycles. The van der Waals surface area contributed by atoms with Crippen LogP contribution in [0.25, 0.3) is 11.1 Å². The van der Waals surface area contributed by atoms with E-state index in [0.717, 1.165) is 37.0 Å². The fourth-order valence-electron chi connectivity index (χ4n) is 3.69. The molecule has 2 aromatic carbocycles. The van der Waals surface area contributed by atoms with Gasteiger partial charge in [0, 0.05) is 0 Å². The molecule has 1 nitrogen and oxygen atoms in total. The van der Waals surface area contributed by atoms with E-state index in [4.69, 9.17) is 0 Å². The molecule has 0 spiro atoms. The Morgan fingerprint density at radius 2 is 1.70 bits per heavy atom. The van der Waals surface area contributed by atoms with Crippen molar-refractivity contribution >= 4 is 0 Å². The highest BCUT2D eigenvalue weighted by atomic mass is 19.4. The number of hydrogen-bond acceptors (Lipinski definition) is 1. The van der Waals surface area contributed by atoms with Crippen LogP contribution in [0.1, 0.15) is 43.7 Å². The molecule has 3 rings (SSSR count). The second kappa shape index (κ2) is 7.87. The molecule has 0 fully saturated rings. The number of fused-ring (bicyclic) bond motifs is 1. The first-order chi connectivity index (χ1) is 12.8. The van der Waals surface area contributed by atoms with Gasteiger partial charge in [-0.2, -0.15) is 0 Å². The lowest BCUT2D eigenvalue weighted by molar-refractivity contribution is -0.276. The summed E-state index contributed by atoms with van der Waals surface area (Å²) in [5.41, 5.74) is 3.15. The summed E-state index contributed by atoms with van der Waals surface area (Å²) in [6.45, 7) is 2.17. The third kappa shape index (κ3) is 4.79. The molecule has 0 bridgehead atoms. The molecule has 1 aliphatic carbocycles. The Morgan fingerprint density at radius 3 is 2.33 bits per heavy atom. The minimum absolute atomic E-state index is 0.190. The van der Waals surface area contributed by atoms with Crippen molar-refractivity contribution in [2.45, 2.75) is 51.8 Å². The molecule has 0 saturated carbocycles. The number of ether oxygens (including phenoxy) is 1. The molecule has 146 valence electrons. The van der Waals surface area contributed by atoms with Gasteiger partial charge in [0.25, 0.3) is 0 Å². The van der Waals surface area contributed by atoms with Gasteiger partial charge < -0.3 is 4.74 Å². The van der Waals surface area contributed by atoms with Crippen molar-refractivity contribution in [2.75, 3.05) is 0 Å². The molecule has 27 heavy (non-hydrogen) atoms. The summed E-state index contributed by atoms with van der Waals surface area (Å²) >= 11 is 0. The molecule has 0 radical (unpaired) electrons. The SMILES string of the molecule is CCCCC1CCc2cc(-c3cc(F)c(OC(F)(F)F)c(F)c3)ccc2C1. The maximum Gasteiger partial charge on any atom is 0.573 e. The zero-order valence-electron chi connectivity index (χ0n) is 15.0. The van der Waals surface area contributed by atoms with Gasteiger partial charge in [-0.1, -0.05) is 44.4 Å². The van der Waals surface area contributed by atoms with E-state index < -0.39 is 23.7 Å². The summed E-state index contributed by atoms with van der Waals surface area (Å²) in [7, 11) is 0. The van der Waals surface area contributed by atoms with Gasteiger partial charge in [0.2, 0.25) is 5.75 Å². The third-order valence-electron chi connectivity index (χ3n) is 5.05. The van der Waals surface area contributed by atoms with Crippen molar-refractivity contribution in [1.29, 1.82) is 0 Å². The van der Waals surface area contributed by atoms with E-state index in [1.165, 1.54) is 24.8 Å². The normalized spacial score (nSPS) is 16.9. The fourth-order valence-corrected chi connectivity index (χ4v) is 3.69. The van der Waals surface area contributed by atoms with Crippen LogP contribution in [0.2, 0.25) is 0 Å². The zero-order valence-corrected chi connectivity index (χ0v) is 15.0. The van der Waals surface area contributed by atoms with Gasteiger partial charge in [-0.05, 0) is 59.6 Å². The largest absolute Gasteiger partial charge is 0.573 e. The van der Waals surface area contributed by atoms with Gasteiger partial charge in [-0.25, -0.2) is 8.78 Å². The van der Waals surface area contributed by atoms with Crippen LogP contribution in [0.15, 0.2) is 30.3 Å². The van der Waals surface area contributed by atoms with Crippen LogP contribution in [-0.2, 0) is 12.8 Å². The van der Waals surface area contributed by atoms with Crippen LogP contribution >= 0.6 is 0 Å². The van der Waals surface area contributed by atoms with Gasteiger partial charge in [0.1, 0.15) is 0 Å². The summed E-state index contributed by atoms with van der Waals surface area (Å²) in [5.74, 6) is -3.51.